The van der Waals surface area contributed by atoms with Gasteiger partial charge in [-0.25, -0.2) is 0 Å². The fourth-order valence-corrected chi connectivity index (χ4v) is 3.76. The van der Waals surface area contributed by atoms with E-state index in [-0.39, 0.29) is 11.0 Å². The minimum absolute atomic E-state index is 0.168. The second-order valence-electron chi connectivity index (χ2n) is 6.86. The van der Waals surface area contributed by atoms with E-state index in [1.807, 2.05) is 0 Å². The SMILES string of the molecule is C=CC(C)(CNCC)CC1CCC2(CCCCC2)O1. The number of ether oxygens (including phenoxy) is 1. The summed E-state index contributed by atoms with van der Waals surface area (Å²) in [5, 5.41) is 3.46. The van der Waals surface area contributed by atoms with E-state index in [9.17, 15) is 0 Å². The molecule has 2 rings (SSSR count). The van der Waals surface area contributed by atoms with Crippen molar-refractivity contribution in [3.05, 3.63) is 12.7 Å². The summed E-state index contributed by atoms with van der Waals surface area (Å²) in [5.41, 5.74) is 0.421. The Hall–Kier alpha value is -0.340. The maximum Gasteiger partial charge on any atom is 0.0687 e. The number of hydrogen-bond donors (Lipinski definition) is 1. The van der Waals surface area contributed by atoms with Crippen molar-refractivity contribution in [1.82, 2.24) is 5.32 Å². The maximum absolute atomic E-state index is 6.49. The van der Waals surface area contributed by atoms with Gasteiger partial charge in [-0.05, 0) is 38.6 Å². The monoisotopic (exact) mass is 265 g/mol. The first-order valence-corrected chi connectivity index (χ1v) is 8.14. The predicted molar refractivity (Wildman–Crippen MR) is 81.4 cm³/mol. The molecule has 2 nitrogen and oxygen atoms in total. The van der Waals surface area contributed by atoms with Crippen LogP contribution in [0.25, 0.3) is 0 Å². The third-order valence-electron chi connectivity index (χ3n) is 5.07. The minimum atomic E-state index is 0.168. The van der Waals surface area contributed by atoms with Crippen LogP contribution in [0.2, 0.25) is 0 Å². The molecule has 1 N–H and O–H groups in total. The summed E-state index contributed by atoms with van der Waals surface area (Å²) >= 11 is 0. The molecule has 2 fully saturated rings. The van der Waals surface area contributed by atoms with Crippen LogP contribution in [-0.4, -0.2) is 24.8 Å². The van der Waals surface area contributed by atoms with E-state index in [2.05, 4.69) is 31.8 Å². The van der Waals surface area contributed by atoms with E-state index in [0.717, 1.165) is 19.5 Å². The molecule has 1 spiro atoms. The lowest BCUT2D eigenvalue weighted by atomic mass is 9.82. The van der Waals surface area contributed by atoms with Gasteiger partial charge in [0, 0.05) is 12.0 Å². The molecule has 1 saturated heterocycles. The molecule has 1 aliphatic carbocycles. The molecular weight excluding hydrogens is 234 g/mol. The molecular formula is C17H31NO. The predicted octanol–water partition coefficient (Wildman–Crippen LogP) is 4.06. The van der Waals surface area contributed by atoms with Crippen molar-refractivity contribution in [3.63, 3.8) is 0 Å². The van der Waals surface area contributed by atoms with E-state index in [1.54, 1.807) is 0 Å². The van der Waals surface area contributed by atoms with Gasteiger partial charge in [-0.3, -0.25) is 0 Å². The number of nitrogens with one attached hydrogen (secondary N) is 1. The van der Waals surface area contributed by atoms with Gasteiger partial charge in [-0.1, -0.05) is 39.2 Å². The van der Waals surface area contributed by atoms with Crippen molar-refractivity contribution in [1.29, 1.82) is 0 Å². The average molecular weight is 265 g/mol. The number of hydrogen-bond acceptors (Lipinski definition) is 2. The van der Waals surface area contributed by atoms with E-state index >= 15 is 0 Å². The highest BCUT2D eigenvalue weighted by atomic mass is 16.5. The van der Waals surface area contributed by atoms with Crippen molar-refractivity contribution in [2.45, 2.75) is 76.9 Å². The minimum Gasteiger partial charge on any atom is -0.372 e. The first-order chi connectivity index (χ1) is 9.11. The first-order valence-electron chi connectivity index (χ1n) is 8.14. The molecule has 2 unspecified atom stereocenters. The highest BCUT2D eigenvalue weighted by Gasteiger charge is 2.42. The summed E-state index contributed by atoms with van der Waals surface area (Å²) in [6.45, 7) is 10.5. The molecule has 1 heterocycles. The van der Waals surface area contributed by atoms with Crippen molar-refractivity contribution in [2.24, 2.45) is 5.41 Å². The standard InChI is InChI=1S/C17H31NO/c1-4-16(3,14-18-5-2)13-15-9-12-17(19-15)10-7-6-8-11-17/h4,15,18H,1,5-14H2,2-3H3. The van der Waals surface area contributed by atoms with Crippen molar-refractivity contribution >= 4 is 0 Å². The van der Waals surface area contributed by atoms with E-state index in [4.69, 9.17) is 4.74 Å². The summed E-state index contributed by atoms with van der Waals surface area (Å²) < 4.78 is 6.49. The molecule has 0 aromatic heterocycles. The Morgan fingerprint density at radius 3 is 2.68 bits per heavy atom. The zero-order valence-electron chi connectivity index (χ0n) is 12.8. The molecule has 1 saturated carbocycles. The van der Waals surface area contributed by atoms with Gasteiger partial charge in [0.05, 0.1) is 11.7 Å². The lowest BCUT2D eigenvalue weighted by Crippen LogP contribution is -2.35. The van der Waals surface area contributed by atoms with Gasteiger partial charge in [0.25, 0.3) is 0 Å². The molecule has 0 aromatic rings. The third kappa shape index (κ3) is 3.82. The van der Waals surface area contributed by atoms with Crippen molar-refractivity contribution < 1.29 is 4.74 Å². The summed E-state index contributed by atoms with van der Waals surface area (Å²) in [4.78, 5) is 0. The van der Waals surface area contributed by atoms with Gasteiger partial charge in [0.2, 0.25) is 0 Å². The molecule has 2 aliphatic rings. The first kappa shape index (κ1) is 15.1. The van der Waals surface area contributed by atoms with Crippen LogP contribution in [0.3, 0.4) is 0 Å². The van der Waals surface area contributed by atoms with Crippen LogP contribution in [0.5, 0.6) is 0 Å². The van der Waals surface area contributed by atoms with Crippen molar-refractivity contribution in [2.75, 3.05) is 13.1 Å². The molecule has 0 radical (unpaired) electrons. The van der Waals surface area contributed by atoms with Crippen LogP contribution >= 0.6 is 0 Å². The Morgan fingerprint density at radius 1 is 1.32 bits per heavy atom. The Labute approximate surface area is 119 Å². The lowest BCUT2D eigenvalue weighted by molar-refractivity contribution is -0.0727. The number of rotatable bonds is 6. The Bertz CT molecular complexity index is 296. The summed E-state index contributed by atoms with van der Waals surface area (Å²) in [5.74, 6) is 0. The average Bonchev–Trinajstić information content (AvgIpc) is 2.80. The summed E-state index contributed by atoms with van der Waals surface area (Å²) in [6.07, 6.45) is 12.9. The molecule has 0 bridgehead atoms. The third-order valence-corrected chi connectivity index (χ3v) is 5.07. The van der Waals surface area contributed by atoms with Crippen LogP contribution in [0.4, 0.5) is 0 Å². The van der Waals surface area contributed by atoms with Gasteiger partial charge < -0.3 is 10.1 Å². The van der Waals surface area contributed by atoms with E-state index in [0.29, 0.717) is 6.10 Å². The molecule has 0 aromatic carbocycles. The second kappa shape index (κ2) is 6.41. The summed E-state index contributed by atoms with van der Waals surface area (Å²) in [7, 11) is 0. The maximum atomic E-state index is 6.49. The topological polar surface area (TPSA) is 21.3 Å². The normalized spacial score (nSPS) is 29.3. The Morgan fingerprint density at radius 2 is 2.05 bits per heavy atom. The van der Waals surface area contributed by atoms with Gasteiger partial charge in [-0.15, -0.1) is 6.58 Å². The van der Waals surface area contributed by atoms with Crippen LogP contribution < -0.4 is 5.32 Å². The van der Waals surface area contributed by atoms with E-state index in [1.165, 1.54) is 44.9 Å². The molecule has 2 atom stereocenters. The zero-order chi connectivity index (χ0) is 13.8. The fourth-order valence-electron chi connectivity index (χ4n) is 3.76. The smallest absolute Gasteiger partial charge is 0.0687 e. The molecule has 19 heavy (non-hydrogen) atoms. The van der Waals surface area contributed by atoms with E-state index < -0.39 is 0 Å². The van der Waals surface area contributed by atoms with Gasteiger partial charge in [0.15, 0.2) is 0 Å². The summed E-state index contributed by atoms with van der Waals surface area (Å²) in [6, 6.07) is 0. The molecule has 2 heteroatoms. The largest absolute Gasteiger partial charge is 0.372 e. The Balaban J connectivity index is 1.87. The lowest BCUT2D eigenvalue weighted by Gasteiger charge is -2.35. The van der Waals surface area contributed by atoms with Crippen LogP contribution in [-0.2, 0) is 4.74 Å². The van der Waals surface area contributed by atoms with Crippen LogP contribution in [0.15, 0.2) is 12.7 Å². The second-order valence-corrected chi connectivity index (χ2v) is 6.86. The van der Waals surface area contributed by atoms with Gasteiger partial charge in [-0.2, -0.15) is 0 Å². The Kier molecular flexibility index (Phi) is 5.08. The molecule has 0 amide bonds. The van der Waals surface area contributed by atoms with Crippen LogP contribution in [0, 0.1) is 5.41 Å². The van der Waals surface area contributed by atoms with Gasteiger partial charge in [0.1, 0.15) is 0 Å². The van der Waals surface area contributed by atoms with Crippen molar-refractivity contribution in [3.8, 4) is 0 Å². The fraction of sp³-hybridized carbons (Fsp3) is 0.882. The van der Waals surface area contributed by atoms with Gasteiger partial charge >= 0.3 is 0 Å². The van der Waals surface area contributed by atoms with Crippen LogP contribution in [0.1, 0.15) is 65.2 Å². The quantitative estimate of drug-likeness (QED) is 0.731. The molecule has 110 valence electrons. The highest BCUT2D eigenvalue weighted by Crippen LogP contribution is 2.44. The molecule has 1 aliphatic heterocycles. The zero-order valence-corrected chi connectivity index (χ0v) is 12.8. The highest BCUT2D eigenvalue weighted by molar-refractivity contribution is 4.98.